The van der Waals surface area contributed by atoms with Gasteiger partial charge in [-0.25, -0.2) is 9.69 Å². The van der Waals surface area contributed by atoms with Gasteiger partial charge in [-0.2, -0.15) is 0 Å². The van der Waals surface area contributed by atoms with E-state index in [0.717, 1.165) is 4.90 Å². The van der Waals surface area contributed by atoms with Gasteiger partial charge in [-0.3, -0.25) is 9.59 Å². The molecule has 1 aliphatic rings. The largest absolute Gasteiger partial charge is 0.497 e. The molecule has 1 heterocycles. The Morgan fingerprint density at radius 3 is 2.26 bits per heavy atom. The third-order valence-electron chi connectivity index (χ3n) is 4.05. The number of methoxy groups -OCH3 is 2. The summed E-state index contributed by atoms with van der Waals surface area (Å²) in [5, 5.41) is 0. The number of ether oxygens (including phenoxy) is 3. The molecule has 0 atom stereocenters. The number of amides is 2. The fourth-order valence-electron chi connectivity index (χ4n) is 2.65. The summed E-state index contributed by atoms with van der Waals surface area (Å²) in [7, 11) is 3.05. The lowest BCUT2D eigenvalue weighted by Gasteiger charge is -2.13. The van der Waals surface area contributed by atoms with E-state index in [4.69, 9.17) is 14.2 Å². The molecule has 0 saturated heterocycles. The van der Waals surface area contributed by atoms with Crippen LogP contribution in [0.25, 0.3) is 6.08 Å². The molecule has 0 fully saturated rings. The maximum atomic E-state index is 12.2. The zero-order valence-corrected chi connectivity index (χ0v) is 14.8. The Bertz CT molecular complexity index is 899. The first-order valence-electron chi connectivity index (χ1n) is 8.07. The van der Waals surface area contributed by atoms with Crippen molar-refractivity contribution in [3.8, 4) is 11.5 Å². The van der Waals surface area contributed by atoms with Gasteiger partial charge in [0.05, 0.1) is 25.3 Å². The van der Waals surface area contributed by atoms with Crippen LogP contribution in [0.5, 0.6) is 11.5 Å². The van der Waals surface area contributed by atoms with Crippen molar-refractivity contribution in [3.63, 3.8) is 0 Å². The number of hydrogen-bond acceptors (Lipinski definition) is 6. The number of carbonyl (C=O) groups is 3. The Kier molecular flexibility index (Phi) is 5.21. The summed E-state index contributed by atoms with van der Waals surface area (Å²) in [4.78, 5) is 37.3. The van der Waals surface area contributed by atoms with Crippen LogP contribution < -0.4 is 9.47 Å². The first-order valence-corrected chi connectivity index (χ1v) is 8.07. The molecular weight excluding hydrogens is 350 g/mol. The normalized spacial score (nSPS) is 13.0. The number of carbonyl (C=O) groups excluding carboxylic acids is 3. The Balaban J connectivity index is 1.63. The number of fused-ring (bicyclic) bond motifs is 1. The van der Waals surface area contributed by atoms with Crippen LogP contribution in [0.3, 0.4) is 0 Å². The van der Waals surface area contributed by atoms with E-state index >= 15 is 0 Å². The lowest BCUT2D eigenvalue weighted by Crippen LogP contribution is -2.32. The highest BCUT2D eigenvalue weighted by Gasteiger charge is 2.35. The molecule has 0 N–H and O–H groups in total. The van der Waals surface area contributed by atoms with Crippen molar-refractivity contribution < 1.29 is 28.6 Å². The third kappa shape index (κ3) is 3.67. The zero-order valence-electron chi connectivity index (χ0n) is 14.8. The minimum Gasteiger partial charge on any atom is -0.497 e. The molecule has 138 valence electrons. The van der Waals surface area contributed by atoms with Crippen LogP contribution in [0, 0.1) is 0 Å². The summed E-state index contributed by atoms with van der Waals surface area (Å²) >= 11 is 0. The van der Waals surface area contributed by atoms with Crippen molar-refractivity contribution in [2.24, 2.45) is 0 Å². The third-order valence-corrected chi connectivity index (χ3v) is 4.05. The zero-order chi connectivity index (χ0) is 19.4. The Morgan fingerprint density at radius 1 is 1.00 bits per heavy atom. The predicted molar refractivity (Wildman–Crippen MR) is 96.5 cm³/mol. The van der Waals surface area contributed by atoms with Crippen molar-refractivity contribution >= 4 is 23.9 Å². The van der Waals surface area contributed by atoms with Crippen LogP contribution in [0.15, 0.2) is 48.5 Å². The van der Waals surface area contributed by atoms with Gasteiger partial charge in [-0.15, -0.1) is 0 Å². The van der Waals surface area contributed by atoms with Crippen molar-refractivity contribution in [2.75, 3.05) is 21.0 Å². The maximum Gasteiger partial charge on any atom is 0.332 e. The molecule has 0 spiro atoms. The summed E-state index contributed by atoms with van der Waals surface area (Å²) in [6.45, 7) is -0.449. The van der Waals surface area contributed by atoms with Gasteiger partial charge in [0.25, 0.3) is 11.8 Å². The summed E-state index contributed by atoms with van der Waals surface area (Å²) in [5.41, 5.74) is 1.25. The van der Waals surface area contributed by atoms with E-state index in [-0.39, 0.29) is 0 Å². The van der Waals surface area contributed by atoms with Crippen molar-refractivity contribution in [3.05, 3.63) is 65.2 Å². The summed E-state index contributed by atoms with van der Waals surface area (Å²) in [6.07, 6.45) is 2.71. The van der Waals surface area contributed by atoms with E-state index in [1.54, 1.807) is 49.6 Å². The van der Waals surface area contributed by atoms with Gasteiger partial charge in [0, 0.05) is 17.7 Å². The number of rotatable bonds is 6. The van der Waals surface area contributed by atoms with Gasteiger partial charge in [0.15, 0.2) is 6.73 Å². The molecule has 7 nitrogen and oxygen atoms in total. The molecule has 2 aromatic carbocycles. The highest BCUT2D eigenvalue weighted by molar-refractivity contribution is 6.21. The molecule has 1 aliphatic heterocycles. The van der Waals surface area contributed by atoms with Crippen LogP contribution in [-0.2, 0) is 9.53 Å². The molecule has 2 amide bonds. The second-order valence-electron chi connectivity index (χ2n) is 5.62. The van der Waals surface area contributed by atoms with Gasteiger partial charge in [0.1, 0.15) is 11.5 Å². The van der Waals surface area contributed by atoms with E-state index in [1.165, 1.54) is 19.3 Å². The minimum absolute atomic E-state index is 0.303. The van der Waals surface area contributed by atoms with Crippen molar-refractivity contribution in [1.82, 2.24) is 4.90 Å². The number of benzene rings is 2. The van der Waals surface area contributed by atoms with Gasteiger partial charge in [0.2, 0.25) is 0 Å². The molecule has 0 aromatic heterocycles. The number of nitrogens with zero attached hydrogens (tertiary/aromatic N) is 1. The first-order chi connectivity index (χ1) is 13.0. The van der Waals surface area contributed by atoms with Gasteiger partial charge >= 0.3 is 5.97 Å². The lowest BCUT2D eigenvalue weighted by atomic mass is 10.1. The van der Waals surface area contributed by atoms with E-state index in [2.05, 4.69) is 0 Å². The number of esters is 1. The SMILES string of the molecule is COc1ccc(C=CC(=O)OCN2C(=O)c3ccccc3C2=O)c(OC)c1. The molecule has 3 rings (SSSR count). The second-order valence-corrected chi connectivity index (χ2v) is 5.62. The molecule has 0 bridgehead atoms. The predicted octanol–water partition coefficient (Wildman–Crippen LogP) is 2.51. The highest BCUT2D eigenvalue weighted by atomic mass is 16.5. The maximum absolute atomic E-state index is 12.2. The Morgan fingerprint density at radius 2 is 1.67 bits per heavy atom. The lowest BCUT2D eigenvalue weighted by molar-refractivity contribution is -0.140. The van der Waals surface area contributed by atoms with Crippen LogP contribution in [-0.4, -0.2) is 43.6 Å². The fourth-order valence-corrected chi connectivity index (χ4v) is 2.65. The fraction of sp³-hybridized carbons (Fsp3) is 0.150. The molecule has 27 heavy (non-hydrogen) atoms. The van der Waals surface area contributed by atoms with Gasteiger partial charge in [-0.05, 0) is 30.3 Å². The van der Waals surface area contributed by atoms with E-state index < -0.39 is 24.5 Å². The molecule has 0 unspecified atom stereocenters. The molecule has 2 aromatic rings. The number of hydrogen-bond donors (Lipinski definition) is 0. The Labute approximate surface area is 155 Å². The molecule has 0 saturated carbocycles. The van der Waals surface area contributed by atoms with E-state index in [1.807, 2.05) is 0 Å². The van der Waals surface area contributed by atoms with Crippen molar-refractivity contribution in [1.29, 1.82) is 0 Å². The first kappa shape index (κ1) is 18.2. The summed E-state index contributed by atoms with van der Waals surface area (Å²) in [5.74, 6) is -0.506. The standard InChI is InChI=1S/C20H17NO6/c1-25-14-9-7-13(17(11-14)26-2)8-10-18(22)27-12-21-19(23)15-5-3-4-6-16(15)20(21)24/h3-11H,12H2,1-2H3. The van der Waals surface area contributed by atoms with Crippen molar-refractivity contribution in [2.45, 2.75) is 0 Å². The Hall–Kier alpha value is -3.61. The quantitative estimate of drug-likeness (QED) is 0.443. The smallest absolute Gasteiger partial charge is 0.332 e. The molecular formula is C20H17NO6. The topological polar surface area (TPSA) is 82.1 Å². The van der Waals surface area contributed by atoms with Crippen LogP contribution in [0.2, 0.25) is 0 Å². The van der Waals surface area contributed by atoms with E-state index in [9.17, 15) is 14.4 Å². The molecule has 0 radical (unpaired) electrons. The summed E-state index contributed by atoms with van der Waals surface area (Å²) in [6, 6.07) is 11.6. The van der Waals surface area contributed by atoms with E-state index in [0.29, 0.717) is 28.2 Å². The summed E-state index contributed by atoms with van der Waals surface area (Å²) < 4.78 is 15.4. The van der Waals surface area contributed by atoms with Crippen LogP contribution in [0.1, 0.15) is 26.3 Å². The molecule has 7 heteroatoms. The highest BCUT2D eigenvalue weighted by Crippen LogP contribution is 2.26. The average molecular weight is 367 g/mol. The van der Waals surface area contributed by atoms with Crippen LogP contribution >= 0.6 is 0 Å². The number of imide groups is 1. The minimum atomic E-state index is -0.690. The average Bonchev–Trinajstić information content (AvgIpc) is 2.95. The second kappa shape index (κ2) is 7.74. The molecule has 0 aliphatic carbocycles. The van der Waals surface area contributed by atoms with Gasteiger partial charge < -0.3 is 14.2 Å². The monoisotopic (exact) mass is 367 g/mol. The van der Waals surface area contributed by atoms with Gasteiger partial charge in [-0.1, -0.05) is 12.1 Å². The van der Waals surface area contributed by atoms with Crippen LogP contribution in [0.4, 0.5) is 0 Å².